The van der Waals surface area contributed by atoms with Crippen molar-refractivity contribution in [1.82, 2.24) is 5.32 Å². The molecule has 0 aromatic heterocycles. The van der Waals surface area contributed by atoms with Gasteiger partial charge in [-0.15, -0.1) is 0 Å². The van der Waals surface area contributed by atoms with Gasteiger partial charge in [0.15, 0.2) is 0 Å². The summed E-state index contributed by atoms with van der Waals surface area (Å²) in [6, 6.07) is 10.7. The molecule has 1 aliphatic rings. The van der Waals surface area contributed by atoms with Crippen molar-refractivity contribution in [1.29, 1.82) is 0 Å². The molecule has 8 nitrogen and oxygen atoms in total. The summed E-state index contributed by atoms with van der Waals surface area (Å²) in [7, 11) is 0. The molecule has 2 aromatic carbocycles. The van der Waals surface area contributed by atoms with Crippen molar-refractivity contribution in [3.63, 3.8) is 0 Å². The first-order chi connectivity index (χ1) is 17.9. The van der Waals surface area contributed by atoms with Crippen LogP contribution < -0.4 is 10.3 Å². The highest BCUT2D eigenvalue weighted by molar-refractivity contribution is 6.41. The van der Waals surface area contributed by atoms with Crippen molar-refractivity contribution < 1.29 is 23.9 Å². The Morgan fingerprint density at radius 2 is 1.63 bits per heavy atom. The molecule has 0 spiro atoms. The Hall–Kier alpha value is -2.81. The van der Waals surface area contributed by atoms with Crippen LogP contribution in [-0.4, -0.2) is 36.4 Å². The monoisotopic (exact) mass is 581 g/mol. The molecule has 2 aromatic rings. The third-order valence-electron chi connectivity index (χ3n) is 5.91. The molecule has 0 saturated carbocycles. The fourth-order valence-electron chi connectivity index (χ4n) is 3.97. The predicted molar refractivity (Wildman–Crippen MR) is 149 cm³/mol. The third kappa shape index (κ3) is 7.18. The van der Waals surface area contributed by atoms with E-state index >= 15 is 0 Å². The summed E-state index contributed by atoms with van der Waals surface area (Å²) in [6.45, 7) is 9.12. The van der Waals surface area contributed by atoms with Crippen LogP contribution in [0.3, 0.4) is 0 Å². The normalized spacial score (nSPS) is 17.8. The molecule has 204 valence electrons. The zero-order chi connectivity index (χ0) is 28.1. The zero-order valence-corrected chi connectivity index (χ0v) is 24.0. The van der Waals surface area contributed by atoms with E-state index in [4.69, 9.17) is 44.3 Å². The maximum atomic E-state index is 13.5. The van der Waals surface area contributed by atoms with Crippen LogP contribution in [0.2, 0.25) is 15.1 Å². The number of carbonyl (C=O) groups excluding carboxylic acids is 3. The van der Waals surface area contributed by atoms with Crippen molar-refractivity contribution in [2.75, 3.05) is 11.6 Å². The summed E-state index contributed by atoms with van der Waals surface area (Å²) in [6.07, 6.45) is -1.11. The van der Waals surface area contributed by atoms with Crippen molar-refractivity contribution in [2.24, 2.45) is 22.9 Å². The number of carbonyl (C=O) groups is 3. The van der Waals surface area contributed by atoms with Crippen LogP contribution in [-0.2, 0) is 19.1 Å². The first-order valence-corrected chi connectivity index (χ1v) is 13.3. The SMILES string of the molecule is CC(C)COC(=O)OC(=O)[C@H](NC(=O)C1=NN(c2ccc(Cl)cc2Cl)C(c2ccc(Cl)cc2)C1C)C(C)C. The molecular weight excluding hydrogens is 553 g/mol. The maximum absolute atomic E-state index is 13.5. The molecule has 1 aliphatic heterocycles. The molecule has 0 radical (unpaired) electrons. The summed E-state index contributed by atoms with van der Waals surface area (Å²) in [5.74, 6) is -2.21. The Morgan fingerprint density at radius 1 is 1.00 bits per heavy atom. The quantitative estimate of drug-likeness (QED) is 0.276. The van der Waals surface area contributed by atoms with E-state index in [1.54, 1.807) is 49.2 Å². The molecule has 0 fully saturated rings. The number of nitrogens with one attached hydrogen (secondary N) is 1. The van der Waals surface area contributed by atoms with E-state index < -0.39 is 36.0 Å². The number of esters is 1. The largest absolute Gasteiger partial charge is 0.516 e. The fraction of sp³-hybridized carbons (Fsp3) is 0.407. The lowest BCUT2D eigenvalue weighted by atomic mass is 9.90. The molecule has 3 rings (SSSR count). The first kappa shape index (κ1) is 29.7. The van der Waals surface area contributed by atoms with Gasteiger partial charge in [-0.05, 0) is 47.7 Å². The van der Waals surface area contributed by atoms with Gasteiger partial charge in [0.1, 0.15) is 11.8 Å². The summed E-state index contributed by atoms with van der Waals surface area (Å²) in [5, 5.41) is 10.4. The smallest absolute Gasteiger partial charge is 0.434 e. The van der Waals surface area contributed by atoms with Crippen molar-refractivity contribution in [3.8, 4) is 0 Å². The molecule has 0 bridgehead atoms. The van der Waals surface area contributed by atoms with Gasteiger partial charge in [0, 0.05) is 16.0 Å². The minimum Gasteiger partial charge on any atom is -0.434 e. The molecular formula is C27H30Cl3N3O5. The van der Waals surface area contributed by atoms with Crippen molar-refractivity contribution in [2.45, 2.75) is 46.7 Å². The molecule has 11 heteroatoms. The van der Waals surface area contributed by atoms with Gasteiger partial charge in [-0.25, -0.2) is 9.59 Å². The van der Waals surface area contributed by atoms with E-state index in [9.17, 15) is 14.4 Å². The number of rotatable bonds is 8. The highest BCUT2D eigenvalue weighted by Gasteiger charge is 2.41. The van der Waals surface area contributed by atoms with Crippen LogP contribution in [0.15, 0.2) is 47.6 Å². The standard InChI is InChI=1S/C27H30Cl3N3O5/c1-14(2)13-37-27(36)38-26(35)22(15(3)4)31-25(34)23-16(5)24(17-6-8-18(28)9-7-17)33(32-23)21-11-10-19(29)12-20(21)30/h6-12,14-16,22,24H,13H2,1-5H3,(H,31,34)/t16?,22-,24?/m1/s1. The highest BCUT2D eigenvalue weighted by atomic mass is 35.5. The van der Waals surface area contributed by atoms with Gasteiger partial charge in [-0.3, -0.25) is 9.80 Å². The van der Waals surface area contributed by atoms with Crippen molar-refractivity contribution >= 4 is 64.2 Å². The average Bonchev–Trinajstić information content (AvgIpc) is 3.18. The zero-order valence-electron chi connectivity index (χ0n) is 21.7. The van der Waals surface area contributed by atoms with E-state index in [-0.39, 0.29) is 24.2 Å². The minimum atomic E-state index is -1.11. The molecule has 0 saturated heterocycles. The number of hydrogen-bond donors (Lipinski definition) is 1. The summed E-state index contributed by atoms with van der Waals surface area (Å²) >= 11 is 18.7. The first-order valence-electron chi connectivity index (χ1n) is 12.2. The van der Waals surface area contributed by atoms with Gasteiger partial charge >= 0.3 is 12.1 Å². The molecule has 1 amide bonds. The van der Waals surface area contributed by atoms with Crippen LogP contribution in [0.1, 0.15) is 46.2 Å². The van der Waals surface area contributed by atoms with E-state index in [0.717, 1.165) is 5.56 Å². The van der Waals surface area contributed by atoms with Gasteiger partial charge in [0.05, 0.1) is 23.4 Å². The number of ether oxygens (including phenoxy) is 2. The second kappa shape index (κ2) is 12.8. The molecule has 0 aliphatic carbocycles. The molecule has 38 heavy (non-hydrogen) atoms. The lowest BCUT2D eigenvalue weighted by Crippen LogP contribution is -2.49. The van der Waals surface area contributed by atoms with E-state index in [2.05, 4.69) is 10.4 Å². The van der Waals surface area contributed by atoms with E-state index in [1.807, 2.05) is 32.9 Å². The Balaban J connectivity index is 1.88. The van der Waals surface area contributed by atoms with Gasteiger partial charge in [-0.2, -0.15) is 5.10 Å². The van der Waals surface area contributed by atoms with Gasteiger partial charge < -0.3 is 14.8 Å². The van der Waals surface area contributed by atoms with E-state index in [0.29, 0.717) is 20.8 Å². The molecule has 3 atom stereocenters. The van der Waals surface area contributed by atoms with Crippen LogP contribution in [0.4, 0.5) is 10.5 Å². The van der Waals surface area contributed by atoms with Crippen LogP contribution in [0.5, 0.6) is 0 Å². The fourth-order valence-corrected chi connectivity index (χ4v) is 4.59. The van der Waals surface area contributed by atoms with Gasteiger partial charge in [0.2, 0.25) is 0 Å². The molecule has 2 unspecified atom stereocenters. The van der Waals surface area contributed by atoms with Crippen molar-refractivity contribution in [3.05, 3.63) is 63.1 Å². The number of halogens is 3. The number of hydrogen-bond acceptors (Lipinski definition) is 7. The topological polar surface area (TPSA) is 97.3 Å². The Labute approximate surface area is 237 Å². The second-order valence-corrected chi connectivity index (χ2v) is 11.1. The summed E-state index contributed by atoms with van der Waals surface area (Å²) < 4.78 is 9.75. The minimum absolute atomic E-state index is 0.0748. The second-order valence-electron chi connectivity index (χ2n) is 9.78. The molecule has 1 N–H and O–H groups in total. The maximum Gasteiger partial charge on any atom is 0.516 e. The number of benzene rings is 2. The lowest BCUT2D eigenvalue weighted by molar-refractivity contribution is -0.145. The van der Waals surface area contributed by atoms with Crippen LogP contribution >= 0.6 is 34.8 Å². The number of amides is 1. The lowest BCUT2D eigenvalue weighted by Gasteiger charge is -2.27. The third-order valence-corrected chi connectivity index (χ3v) is 6.70. The Kier molecular flexibility index (Phi) is 10.0. The summed E-state index contributed by atoms with van der Waals surface area (Å²) in [5.41, 5.74) is 1.59. The van der Waals surface area contributed by atoms with Crippen LogP contribution in [0.25, 0.3) is 0 Å². The Bertz CT molecular complexity index is 1220. The number of nitrogens with zero attached hydrogens (tertiary/aromatic N) is 2. The average molecular weight is 583 g/mol. The highest BCUT2D eigenvalue weighted by Crippen LogP contribution is 2.42. The number of anilines is 1. The van der Waals surface area contributed by atoms with Gasteiger partial charge in [-0.1, -0.05) is 81.6 Å². The number of hydrazone groups is 1. The van der Waals surface area contributed by atoms with E-state index in [1.165, 1.54) is 0 Å². The van der Waals surface area contributed by atoms with Gasteiger partial charge in [0.25, 0.3) is 5.91 Å². The van der Waals surface area contributed by atoms with Crippen LogP contribution in [0, 0.1) is 17.8 Å². The predicted octanol–water partition coefficient (Wildman–Crippen LogP) is 6.68. The summed E-state index contributed by atoms with van der Waals surface area (Å²) in [4.78, 5) is 38.1. The molecule has 1 heterocycles. The Morgan fingerprint density at radius 3 is 2.21 bits per heavy atom.